The van der Waals surface area contributed by atoms with Gasteiger partial charge in [0.15, 0.2) is 0 Å². The van der Waals surface area contributed by atoms with Crippen LogP contribution >= 0.6 is 0 Å². The van der Waals surface area contributed by atoms with Gasteiger partial charge in [0, 0.05) is 0 Å². The summed E-state index contributed by atoms with van der Waals surface area (Å²) in [6.07, 6.45) is 0. The number of likely N-dealkylation sites (N-methyl/N-ethyl adjacent to an activating group) is 1. The fourth-order valence-corrected chi connectivity index (χ4v) is 3.25. The number of carboxylic acid groups (broad SMARTS) is 2. The van der Waals surface area contributed by atoms with Crippen LogP contribution in [0.4, 0.5) is 0 Å². The monoisotopic (exact) mass is 545 g/mol. The number of carbonyl (C=O) groups is 2. The molecule has 0 amide bonds. The van der Waals surface area contributed by atoms with Crippen LogP contribution in [0, 0.1) is 0 Å². The molecular weight excluding hydrogens is 506 g/mol. The molecule has 0 atom stereocenters. The van der Waals surface area contributed by atoms with Crippen molar-refractivity contribution in [3.05, 3.63) is 60.2 Å². The quantitative estimate of drug-likeness (QED) is 0.158. The average Bonchev–Trinajstić information content (AvgIpc) is 3.46. The van der Waals surface area contributed by atoms with Gasteiger partial charge in [-0.25, -0.2) is 9.97 Å². The van der Waals surface area contributed by atoms with Crippen LogP contribution in [0.5, 0.6) is 0 Å². The van der Waals surface area contributed by atoms with E-state index in [1.165, 1.54) is 11.9 Å². The molecule has 0 radical (unpaired) electrons. The number of aliphatic carboxylic acids is 2. The standard InChI is InChI=1S/C17H17N5.C5H9NO4.C2H7N.C2H6O2/c1-22(10-16-18-12-6-2-3-7-13(12)19-16)11-17-20-14-8-4-5-9-15(14)21-17;1-6(2-4(7)8)3-5(9)10;1-2-3;3-1-2-4/h2-9H,10-11H2,1H3,(H,18,19)(H,20,21);2-3H2,1H3,(H,7,8)(H,9,10);2-3H2,1H3;3-4H,1-2H2. The van der Waals surface area contributed by atoms with Gasteiger partial charge >= 0.3 is 11.9 Å². The number of para-hydroxylation sites is 4. The molecule has 13 nitrogen and oxygen atoms in total. The van der Waals surface area contributed by atoms with Crippen molar-refractivity contribution < 1.29 is 30.0 Å². The molecule has 0 aliphatic rings. The van der Waals surface area contributed by atoms with Gasteiger partial charge in [0.25, 0.3) is 0 Å². The number of aliphatic hydroxyl groups is 2. The van der Waals surface area contributed by atoms with E-state index < -0.39 is 11.9 Å². The number of hydrogen-bond donors (Lipinski definition) is 7. The predicted octanol–water partition coefficient (Wildman–Crippen LogP) is 1.09. The number of aromatic amines is 2. The zero-order valence-electron chi connectivity index (χ0n) is 22.5. The van der Waals surface area contributed by atoms with Crippen LogP contribution < -0.4 is 5.73 Å². The van der Waals surface area contributed by atoms with Gasteiger partial charge in [0.1, 0.15) is 11.6 Å². The van der Waals surface area contributed by atoms with E-state index in [9.17, 15) is 9.59 Å². The molecule has 2 heterocycles. The van der Waals surface area contributed by atoms with Crippen LogP contribution in [0.15, 0.2) is 48.5 Å². The lowest BCUT2D eigenvalue weighted by atomic mass is 10.3. The maximum Gasteiger partial charge on any atom is 0.317 e. The van der Waals surface area contributed by atoms with Crippen molar-refractivity contribution in [2.24, 2.45) is 5.73 Å². The lowest BCUT2D eigenvalue weighted by Gasteiger charge is -2.12. The third kappa shape index (κ3) is 13.5. The van der Waals surface area contributed by atoms with E-state index >= 15 is 0 Å². The number of H-pyrrole nitrogens is 2. The number of aromatic nitrogens is 4. The highest BCUT2D eigenvalue weighted by Gasteiger charge is 2.09. The van der Waals surface area contributed by atoms with Crippen molar-refractivity contribution in [3.63, 3.8) is 0 Å². The number of hydrogen-bond acceptors (Lipinski definition) is 9. The Labute approximate surface area is 226 Å². The molecule has 0 saturated carbocycles. The van der Waals surface area contributed by atoms with Gasteiger partial charge in [0.05, 0.1) is 61.5 Å². The Hall–Kier alpha value is -3.88. The molecule has 39 heavy (non-hydrogen) atoms. The number of rotatable bonds is 9. The highest BCUT2D eigenvalue weighted by molar-refractivity contribution is 5.75. The first-order valence-corrected chi connectivity index (χ1v) is 12.2. The molecule has 2 aromatic carbocycles. The number of carboxylic acids is 2. The van der Waals surface area contributed by atoms with Crippen LogP contribution in [0.25, 0.3) is 22.1 Å². The normalized spacial score (nSPS) is 10.4. The first-order chi connectivity index (χ1) is 18.6. The summed E-state index contributed by atoms with van der Waals surface area (Å²) in [7, 11) is 3.50. The molecule has 8 N–H and O–H groups in total. The maximum absolute atomic E-state index is 9.96. The predicted molar refractivity (Wildman–Crippen MR) is 149 cm³/mol. The Balaban J connectivity index is 0.000000375. The molecule has 4 rings (SSSR count). The van der Waals surface area contributed by atoms with Crippen molar-refractivity contribution in [1.82, 2.24) is 29.7 Å². The van der Waals surface area contributed by atoms with Gasteiger partial charge in [-0.05, 0) is 44.9 Å². The Morgan fingerprint density at radius 1 is 0.769 bits per heavy atom. The van der Waals surface area contributed by atoms with Gasteiger partial charge in [-0.15, -0.1) is 0 Å². The number of nitrogens with two attached hydrogens (primary N) is 1. The van der Waals surface area contributed by atoms with E-state index in [4.69, 9.17) is 26.2 Å². The topological polar surface area (TPSA) is 205 Å². The SMILES string of the molecule is CCN.CN(CC(=O)O)CC(=O)O.CN(Cc1nc2ccccc2[nH]1)Cc1nc2ccccc2[nH]1.OCCO. The molecule has 0 fully saturated rings. The summed E-state index contributed by atoms with van der Waals surface area (Å²) >= 11 is 0. The third-order valence-electron chi connectivity index (χ3n) is 4.63. The van der Waals surface area contributed by atoms with Crippen LogP contribution in [0.1, 0.15) is 18.6 Å². The van der Waals surface area contributed by atoms with Crippen molar-refractivity contribution in [2.45, 2.75) is 20.0 Å². The summed E-state index contributed by atoms with van der Waals surface area (Å²) < 4.78 is 0. The molecular formula is C26H39N7O6. The van der Waals surface area contributed by atoms with E-state index in [-0.39, 0.29) is 26.3 Å². The zero-order chi connectivity index (χ0) is 29.2. The lowest BCUT2D eigenvalue weighted by Crippen LogP contribution is -2.30. The summed E-state index contributed by atoms with van der Waals surface area (Å²) in [6.45, 7) is 3.43. The minimum atomic E-state index is -1.02. The summed E-state index contributed by atoms with van der Waals surface area (Å²) in [4.78, 5) is 39.2. The molecule has 2 aromatic heterocycles. The van der Waals surface area contributed by atoms with Gasteiger partial charge in [-0.1, -0.05) is 31.2 Å². The number of nitrogens with one attached hydrogen (secondary N) is 2. The van der Waals surface area contributed by atoms with Gasteiger partial charge in [-0.3, -0.25) is 19.4 Å². The first-order valence-electron chi connectivity index (χ1n) is 12.2. The van der Waals surface area contributed by atoms with E-state index in [1.807, 2.05) is 55.5 Å². The molecule has 4 aromatic rings. The van der Waals surface area contributed by atoms with Crippen molar-refractivity contribution in [3.8, 4) is 0 Å². The molecule has 0 spiro atoms. The summed E-state index contributed by atoms with van der Waals surface area (Å²) in [5, 5.41) is 31.6. The molecule has 13 heteroatoms. The second kappa shape index (κ2) is 18.4. The number of nitrogens with zero attached hydrogens (tertiary/aromatic N) is 4. The van der Waals surface area contributed by atoms with Crippen molar-refractivity contribution in [1.29, 1.82) is 0 Å². The number of benzene rings is 2. The Morgan fingerprint density at radius 2 is 1.13 bits per heavy atom. The Bertz CT molecular complexity index is 1100. The molecule has 0 aliphatic carbocycles. The second-order valence-corrected chi connectivity index (χ2v) is 8.39. The lowest BCUT2D eigenvalue weighted by molar-refractivity contribution is -0.141. The van der Waals surface area contributed by atoms with Crippen LogP contribution in [0.3, 0.4) is 0 Å². The summed E-state index contributed by atoms with van der Waals surface area (Å²) in [5.74, 6) is -0.105. The van der Waals surface area contributed by atoms with Crippen molar-refractivity contribution in [2.75, 3.05) is 46.9 Å². The smallest absolute Gasteiger partial charge is 0.317 e. The van der Waals surface area contributed by atoms with E-state index in [0.717, 1.165) is 53.3 Å². The minimum Gasteiger partial charge on any atom is -0.480 e. The van der Waals surface area contributed by atoms with Gasteiger partial charge in [-0.2, -0.15) is 0 Å². The van der Waals surface area contributed by atoms with Crippen LogP contribution in [0.2, 0.25) is 0 Å². The molecule has 0 saturated heterocycles. The first kappa shape index (κ1) is 33.1. The minimum absolute atomic E-state index is 0.125. The number of aliphatic hydroxyl groups excluding tert-OH is 2. The molecule has 214 valence electrons. The van der Waals surface area contributed by atoms with E-state index in [2.05, 4.69) is 31.9 Å². The van der Waals surface area contributed by atoms with Gasteiger partial charge < -0.3 is 36.1 Å². The summed E-state index contributed by atoms with van der Waals surface area (Å²) in [5.41, 5.74) is 9.02. The third-order valence-corrected chi connectivity index (χ3v) is 4.63. The van der Waals surface area contributed by atoms with E-state index in [1.54, 1.807) is 0 Å². The van der Waals surface area contributed by atoms with E-state index in [0.29, 0.717) is 0 Å². The molecule has 0 unspecified atom stereocenters. The van der Waals surface area contributed by atoms with Crippen LogP contribution in [-0.2, 0) is 22.7 Å². The average molecular weight is 546 g/mol. The fourth-order valence-electron chi connectivity index (χ4n) is 3.25. The molecule has 0 bridgehead atoms. The highest BCUT2D eigenvalue weighted by Crippen LogP contribution is 2.14. The van der Waals surface area contributed by atoms with Crippen LogP contribution in [-0.4, -0.2) is 109 Å². The molecule has 0 aliphatic heterocycles. The Morgan fingerprint density at radius 3 is 1.44 bits per heavy atom. The van der Waals surface area contributed by atoms with Crippen molar-refractivity contribution >= 4 is 34.0 Å². The maximum atomic E-state index is 9.96. The number of fused-ring (bicyclic) bond motifs is 2. The second-order valence-electron chi connectivity index (χ2n) is 8.39. The Kier molecular flexibility index (Phi) is 15.6. The largest absolute Gasteiger partial charge is 0.480 e. The summed E-state index contributed by atoms with van der Waals surface area (Å²) in [6, 6.07) is 16.2. The number of imidazole rings is 2. The fraction of sp³-hybridized carbons (Fsp3) is 0.385. The zero-order valence-corrected chi connectivity index (χ0v) is 22.5. The van der Waals surface area contributed by atoms with Gasteiger partial charge in [0.2, 0.25) is 0 Å². The highest BCUT2D eigenvalue weighted by atomic mass is 16.4.